The van der Waals surface area contributed by atoms with Gasteiger partial charge >= 0.3 is 0 Å². The van der Waals surface area contributed by atoms with Crippen LogP contribution in [0.15, 0.2) is 30.3 Å². The molecule has 1 aromatic heterocycles. The lowest BCUT2D eigenvalue weighted by atomic mass is 10.1. The van der Waals surface area contributed by atoms with Crippen molar-refractivity contribution in [2.75, 3.05) is 0 Å². The van der Waals surface area contributed by atoms with Gasteiger partial charge in [-0.25, -0.2) is 4.39 Å². The Hall–Kier alpha value is -2.01. The summed E-state index contributed by atoms with van der Waals surface area (Å²) in [5, 5.41) is 0. The van der Waals surface area contributed by atoms with Crippen molar-refractivity contribution in [1.29, 1.82) is 0 Å². The van der Waals surface area contributed by atoms with Crippen LogP contribution in [0.3, 0.4) is 0 Å². The zero-order valence-electron chi connectivity index (χ0n) is 11.3. The highest BCUT2D eigenvalue weighted by atomic mass is 32.1. The molecule has 3 nitrogen and oxygen atoms in total. The number of aromatic nitrogens is 1. The van der Waals surface area contributed by atoms with Crippen molar-refractivity contribution < 1.29 is 9.13 Å². The van der Waals surface area contributed by atoms with E-state index in [1.54, 1.807) is 24.3 Å². The van der Waals surface area contributed by atoms with Gasteiger partial charge in [0, 0.05) is 17.3 Å². The zero-order valence-corrected chi connectivity index (χ0v) is 12.1. The largest absolute Gasteiger partial charge is 0.488 e. The third-order valence-electron chi connectivity index (χ3n) is 2.88. The molecular formula is C15H15FN2OS. The Bertz CT molecular complexity index is 658. The van der Waals surface area contributed by atoms with E-state index in [1.165, 1.54) is 6.07 Å². The van der Waals surface area contributed by atoms with Gasteiger partial charge in [-0.15, -0.1) is 0 Å². The van der Waals surface area contributed by atoms with Crippen LogP contribution in [-0.2, 0) is 6.61 Å². The molecular weight excluding hydrogens is 275 g/mol. The Balaban J connectivity index is 2.30. The van der Waals surface area contributed by atoms with Gasteiger partial charge in [-0.05, 0) is 19.9 Å². The van der Waals surface area contributed by atoms with Gasteiger partial charge in [0.05, 0.1) is 11.3 Å². The summed E-state index contributed by atoms with van der Waals surface area (Å²) in [6, 6.07) is 8.23. The number of rotatable bonds is 4. The van der Waals surface area contributed by atoms with E-state index < -0.39 is 0 Å². The number of halogens is 1. The van der Waals surface area contributed by atoms with E-state index in [4.69, 9.17) is 22.7 Å². The number of nitrogens with zero attached hydrogens (tertiary/aromatic N) is 1. The van der Waals surface area contributed by atoms with Crippen molar-refractivity contribution in [2.45, 2.75) is 20.5 Å². The molecule has 2 rings (SSSR count). The van der Waals surface area contributed by atoms with Gasteiger partial charge in [0.25, 0.3) is 0 Å². The van der Waals surface area contributed by atoms with Crippen LogP contribution < -0.4 is 10.5 Å². The summed E-state index contributed by atoms with van der Waals surface area (Å²) in [5.41, 5.74) is 8.29. The first-order chi connectivity index (χ1) is 9.49. The Kier molecular flexibility index (Phi) is 4.29. The van der Waals surface area contributed by atoms with E-state index in [2.05, 4.69) is 4.98 Å². The average Bonchev–Trinajstić information content (AvgIpc) is 2.36. The van der Waals surface area contributed by atoms with Gasteiger partial charge in [-0.1, -0.05) is 30.4 Å². The van der Waals surface area contributed by atoms with Gasteiger partial charge in [-0.2, -0.15) is 0 Å². The van der Waals surface area contributed by atoms with E-state index in [0.29, 0.717) is 22.6 Å². The molecule has 5 heteroatoms. The lowest BCUT2D eigenvalue weighted by Gasteiger charge is -2.14. The Morgan fingerprint density at radius 1 is 1.35 bits per heavy atom. The standard InChI is InChI=1S/C15H15FN2OS/c1-9-7-13(14(15(17)20)10(2)18-9)19-8-11-5-3-4-6-12(11)16/h3-7H,8H2,1-2H3,(H2,17,20). The molecule has 104 valence electrons. The maximum absolute atomic E-state index is 13.6. The highest BCUT2D eigenvalue weighted by molar-refractivity contribution is 7.80. The van der Waals surface area contributed by atoms with Crippen LogP contribution in [0.5, 0.6) is 5.75 Å². The molecule has 20 heavy (non-hydrogen) atoms. The predicted molar refractivity (Wildman–Crippen MR) is 80.3 cm³/mol. The highest BCUT2D eigenvalue weighted by Crippen LogP contribution is 2.23. The van der Waals surface area contributed by atoms with E-state index in [0.717, 1.165) is 5.69 Å². The molecule has 1 aromatic carbocycles. The third kappa shape index (κ3) is 3.11. The normalized spacial score (nSPS) is 10.3. The lowest BCUT2D eigenvalue weighted by molar-refractivity contribution is 0.298. The number of thiocarbonyl (C=S) groups is 1. The molecule has 0 saturated heterocycles. The quantitative estimate of drug-likeness (QED) is 0.879. The molecule has 0 aliphatic carbocycles. The van der Waals surface area contributed by atoms with E-state index >= 15 is 0 Å². The molecule has 0 spiro atoms. The fourth-order valence-corrected chi connectivity index (χ4v) is 2.23. The van der Waals surface area contributed by atoms with Crippen molar-refractivity contribution in [3.8, 4) is 5.75 Å². The first kappa shape index (κ1) is 14.4. The molecule has 0 amide bonds. The van der Waals surface area contributed by atoms with Gasteiger partial charge in [0.15, 0.2) is 0 Å². The van der Waals surface area contributed by atoms with Crippen LogP contribution in [0.4, 0.5) is 4.39 Å². The molecule has 0 atom stereocenters. The summed E-state index contributed by atoms with van der Waals surface area (Å²) in [6.07, 6.45) is 0. The van der Waals surface area contributed by atoms with E-state index in [1.807, 2.05) is 13.8 Å². The van der Waals surface area contributed by atoms with Gasteiger partial charge < -0.3 is 10.5 Å². The molecule has 0 bridgehead atoms. The molecule has 1 heterocycles. The van der Waals surface area contributed by atoms with Gasteiger partial charge in [0.1, 0.15) is 23.2 Å². The Labute approximate surface area is 122 Å². The maximum Gasteiger partial charge on any atom is 0.133 e. The molecule has 2 aromatic rings. The van der Waals surface area contributed by atoms with Crippen LogP contribution in [0.2, 0.25) is 0 Å². The van der Waals surface area contributed by atoms with Gasteiger partial charge in [0.2, 0.25) is 0 Å². The number of hydrogen-bond acceptors (Lipinski definition) is 3. The molecule has 0 saturated carbocycles. The Morgan fingerprint density at radius 3 is 2.70 bits per heavy atom. The maximum atomic E-state index is 13.6. The van der Waals surface area contributed by atoms with Gasteiger partial charge in [-0.3, -0.25) is 4.98 Å². The topological polar surface area (TPSA) is 48.1 Å². The van der Waals surface area contributed by atoms with Crippen molar-refractivity contribution in [1.82, 2.24) is 4.98 Å². The molecule has 0 aliphatic heterocycles. The van der Waals surface area contributed by atoms with Crippen LogP contribution in [-0.4, -0.2) is 9.97 Å². The summed E-state index contributed by atoms with van der Waals surface area (Å²) in [4.78, 5) is 4.53. The summed E-state index contributed by atoms with van der Waals surface area (Å²) < 4.78 is 19.2. The molecule has 2 N–H and O–H groups in total. The molecule has 0 aliphatic rings. The van der Waals surface area contributed by atoms with Crippen LogP contribution in [0.25, 0.3) is 0 Å². The second kappa shape index (κ2) is 5.96. The Morgan fingerprint density at radius 2 is 2.05 bits per heavy atom. The number of aryl methyl sites for hydroxylation is 2. The van der Waals surface area contributed by atoms with Crippen molar-refractivity contribution in [2.24, 2.45) is 5.73 Å². The number of benzene rings is 1. The fourth-order valence-electron chi connectivity index (χ4n) is 1.98. The molecule has 0 unspecified atom stereocenters. The summed E-state index contributed by atoms with van der Waals surface area (Å²) in [6.45, 7) is 3.79. The summed E-state index contributed by atoms with van der Waals surface area (Å²) in [7, 11) is 0. The minimum atomic E-state index is -0.299. The van der Waals surface area contributed by atoms with Crippen molar-refractivity contribution >= 4 is 17.2 Å². The van der Waals surface area contributed by atoms with Crippen molar-refractivity contribution in [3.05, 3.63) is 58.7 Å². The first-order valence-corrected chi connectivity index (χ1v) is 6.54. The fraction of sp³-hybridized carbons (Fsp3) is 0.200. The second-order valence-corrected chi connectivity index (χ2v) is 4.91. The molecule has 0 radical (unpaired) electrons. The minimum absolute atomic E-state index is 0.116. The van der Waals surface area contributed by atoms with E-state index in [-0.39, 0.29) is 17.4 Å². The summed E-state index contributed by atoms with van der Waals surface area (Å²) in [5.74, 6) is 0.234. The average molecular weight is 290 g/mol. The second-order valence-electron chi connectivity index (χ2n) is 4.47. The van der Waals surface area contributed by atoms with Crippen LogP contribution in [0, 0.1) is 19.7 Å². The molecule has 0 fully saturated rings. The SMILES string of the molecule is Cc1cc(OCc2ccccc2F)c(C(N)=S)c(C)n1. The predicted octanol–water partition coefficient (Wildman–Crippen LogP) is 3.05. The van der Waals surface area contributed by atoms with Crippen LogP contribution in [0.1, 0.15) is 22.5 Å². The monoisotopic (exact) mass is 290 g/mol. The van der Waals surface area contributed by atoms with E-state index in [9.17, 15) is 4.39 Å². The smallest absolute Gasteiger partial charge is 0.133 e. The van der Waals surface area contributed by atoms with Crippen molar-refractivity contribution in [3.63, 3.8) is 0 Å². The first-order valence-electron chi connectivity index (χ1n) is 6.13. The van der Waals surface area contributed by atoms with Crippen LogP contribution >= 0.6 is 12.2 Å². The number of ether oxygens (including phenoxy) is 1. The third-order valence-corrected chi connectivity index (χ3v) is 3.08. The number of hydrogen-bond donors (Lipinski definition) is 1. The number of pyridine rings is 1. The highest BCUT2D eigenvalue weighted by Gasteiger charge is 2.13. The minimum Gasteiger partial charge on any atom is -0.488 e. The summed E-state index contributed by atoms with van der Waals surface area (Å²) >= 11 is 5.02. The number of nitrogens with two attached hydrogens (primary N) is 1. The zero-order chi connectivity index (χ0) is 14.7. The lowest BCUT2D eigenvalue weighted by Crippen LogP contribution is -2.15.